The quantitative estimate of drug-likeness (QED) is 0.822. The van der Waals surface area contributed by atoms with Gasteiger partial charge in [0.05, 0.1) is 18.4 Å². The lowest BCUT2D eigenvalue weighted by molar-refractivity contribution is 0.416. The molecule has 5 nitrogen and oxygen atoms in total. The van der Waals surface area contributed by atoms with E-state index in [1.807, 2.05) is 24.3 Å². The highest BCUT2D eigenvalue weighted by atomic mass is 16.5. The Morgan fingerprint density at radius 2 is 1.95 bits per heavy atom. The van der Waals surface area contributed by atoms with Gasteiger partial charge in [0, 0.05) is 11.5 Å². The monoisotopic (exact) mass is 280 g/mol. The average Bonchev–Trinajstić information content (AvgIpc) is 3.30. The second kappa shape index (κ2) is 5.33. The van der Waals surface area contributed by atoms with Crippen LogP contribution in [0.2, 0.25) is 0 Å². The molecule has 21 heavy (non-hydrogen) atoms. The molecule has 0 aliphatic heterocycles. The molecule has 0 saturated heterocycles. The van der Waals surface area contributed by atoms with Gasteiger partial charge < -0.3 is 16.2 Å². The fourth-order valence-electron chi connectivity index (χ4n) is 2.06. The largest absolute Gasteiger partial charge is 0.496 e. The summed E-state index contributed by atoms with van der Waals surface area (Å²) in [4.78, 5) is 8.33. The lowest BCUT2D eigenvalue weighted by Crippen LogP contribution is -2.05. The van der Waals surface area contributed by atoms with Crippen LogP contribution in [0.1, 0.15) is 18.4 Å². The Morgan fingerprint density at radius 3 is 2.67 bits per heavy atom. The van der Waals surface area contributed by atoms with Crippen molar-refractivity contribution in [2.24, 2.45) is 5.92 Å². The molecule has 4 N–H and O–H groups in total. The Bertz CT molecular complexity index is 742. The van der Waals surface area contributed by atoms with Gasteiger partial charge in [-0.15, -0.1) is 0 Å². The van der Waals surface area contributed by atoms with Crippen LogP contribution in [0.25, 0.3) is 11.3 Å². The summed E-state index contributed by atoms with van der Waals surface area (Å²) in [5, 5.41) is 0. The van der Waals surface area contributed by atoms with Crippen LogP contribution < -0.4 is 16.2 Å². The van der Waals surface area contributed by atoms with E-state index in [0.717, 1.165) is 18.4 Å². The minimum absolute atomic E-state index is 0.130. The fourth-order valence-corrected chi connectivity index (χ4v) is 2.06. The van der Waals surface area contributed by atoms with Crippen molar-refractivity contribution in [2.45, 2.75) is 12.8 Å². The fraction of sp³-hybridized carbons (Fsp3) is 0.250. The summed E-state index contributed by atoms with van der Waals surface area (Å²) < 4.78 is 5.38. The van der Waals surface area contributed by atoms with Crippen LogP contribution in [0, 0.1) is 17.8 Å². The third-order valence-electron chi connectivity index (χ3n) is 3.30. The third kappa shape index (κ3) is 2.75. The summed E-state index contributed by atoms with van der Waals surface area (Å²) in [6, 6.07) is 7.57. The first-order chi connectivity index (χ1) is 10.2. The van der Waals surface area contributed by atoms with Crippen LogP contribution in [0.5, 0.6) is 5.75 Å². The minimum Gasteiger partial charge on any atom is -0.496 e. The molecule has 1 aliphatic carbocycles. The average molecular weight is 280 g/mol. The van der Waals surface area contributed by atoms with Crippen molar-refractivity contribution in [3.05, 3.63) is 29.8 Å². The molecule has 1 fully saturated rings. The molecule has 106 valence electrons. The second-order valence-corrected chi connectivity index (χ2v) is 4.93. The molecule has 1 saturated carbocycles. The van der Waals surface area contributed by atoms with E-state index in [-0.39, 0.29) is 5.95 Å². The maximum absolute atomic E-state index is 5.98. The third-order valence-corrected chi connectivity index (χ3v) is 3.30. The van der Waals surface area contributed by atoms with E-state index in [2.05, 4.69) is 21.8 Å². The highest BCUT2D eigenvalue weighted by Crippen LogP contribution is 2.33. The first-order valence-electron chi connectivity index (χ1n) is 6.77. The maximum atomic E-state index is 5.98. The standard InChI is InChI=1S/C16H16N4O/c1-21-13-5-3-2-4-11(13)14-12(9-8-10-6-7-10)15(17)20-16(18)19-14/h2-5,10H,6-7H2,1H3,(H4,17,18,19,20). The van der Waals surface area contributed by atoms with Gasteiger partial charge in [0.2, 0.25) is 5.95 Å². The number of rotatable bonds is 2. The summed E-state index contributed by atoms with van der Waals surface area (Å²) in [6.07, 6.45) is 2.29. The number of hydrogen-bond donors (Lipinski definition) is 2. The lowest BCUT2D eigenvalue weighted by Gasteiger charge is -2.11. The Morgan fingerprint density at radius 1 is 1.19 bits per heavy atom. The summed E-state index contributed by atoms with van der Waals surface area (Å²) in [5.74, 6) is 7.89. The molecular weight excluding hydrogens is 264 g/mol. The molecule has 2 aromatic rings. The number of nitrogens with two attached hydrogens (primary N) is 2. The molecule has 0 atom stereocenters. The highest BCUT2D eigenvalue weighted by Gasteiger charge is 2.19. The number of nitrogens with zero attached hydrogens (tertiary/aromatic N) is 2. The summed E-state index contributed by atoms with van der Waals surface area (Å²) in [6.45, 7) is 0. The summed E-state index contributed by atoms with van der Waals surface area (Å²) in [7, 11) is 1.61. The molecule has 0 bridgehead atoms. The zero-order valence-corrected chi connectivity index (χ0v) is 11.8. The van der Waals surface area contributed by atoms with Crippen LogP contribution in [-0.4, -0.2) is 17.1 Å². The lowest BCUT2D eigenvalue weighted by atomic mass is 10.1. The molecule has 0 radical (unpaired) electrons. The number of aromatic nitrogens is 2. The molecule has 0 amide bonds. The molecule has 1 heterocycles. The van der Waals surface area contributed by atoms with Crippen molar-refractivity contribution in [1.29, 1.82) is 0 Å². The number of anilines is 2. The Labute approximate surface area is 123 Å². The first kappa shape index (κ1) is 13.3. The molecule has 1 aliphatic rings. The van der Waals surface area contributed by atoms with Crippen molar-refractivity contribution in [1.82, 2.24) is 9.97 Å². The summed E-state index contributed by atoms with van der Waals surface area (Å²) in [5.41, 5.74) is 13.8. The van der Waals surface area contributed by atoms with E-state index in [1.165, 1.54) is 0 Å². The van der Waals surface area contributed by atoms with Crippen molar-refractivity contribution < 1.29 is 4.74 Å². The molecule has 1 aromatic heterocycles. The zero-order chi connectivity index (χ0) is 14.8. The van der Waals surface area contributed by atoms with E-state index in [9.17, 15) is 0 Å². The van der Waals surface area contributed by atoms with Gasteiger partial charge in [-0.3, -0.25) is 0 Å². The molecule has 3 rings (SSSR count). The normalized spacial score (nSPS) is 13.4. The molecule has 1 aromatic carbocycles. The topological polar surface area (TPSA) is 87.0 Å². The smallest absolute Gasteiger partial charge is 0.222 e. The van der Waals surface area contributed by atoms with E-state index < -0.39 is 0 Å². The zero-order valence-electron chi connectivity index (χ0n) is 11.8. The number of benzene rings is 1. The Balaban J connectivity index is 2.18. The van der Waals surface area contributed by atoms with Gasteiger partial charge in [-0.1, -0.05) is 24.0 Å². The van der Waals surface area contributed by atoms with E-state index in [0.29, 0.717) is 28.7 Å². The van der Waals surface area contributed by atoms with Crippen LogP contribution in [0.4, 0.5) is 11.8 Å². The highest BCUT2D eigenvalue weighted by molar-refractivity contribution is 5.77. The number of para-hydroxylation sites is 1. The van der Waals surface area contributed by atoms with Crippen molar-refractivity contribution in [2.75, 3.05) is 18.6 Å². The van der Waals surface area contributed by atoms with Gasteiger partial charge in [0.15, 0.2) is 0 Å². The number of hydrogen-bond acceptors (Lipinski definition) is 5. The van der Waals surface area contributed by atoms with Crippen molar-refractivity contribution in [3.8, 4) is 28.8 Å². The predicted octanol–water partition coefficient (Wildman–Crippen LogP) is 2.08. The van der Waals surface area contributed by atoms with Gasteiger partial charge in [0.1, 0.15) is 11.6 Å². The van der Waals surface area contributed by atoms with Crippen molar-refractivity contribution >= 4 is 11.8 Å². The minimum atomic E-state index is 0.130. The molecule has 5 heteroatoms. The Kier molecular flexibility index (Phi) is 3.36. The van der Waals surface area contributed by atoms with Crippen LogP contribution in [-0.2, 0) is 0 Å². The van der Waals surface area contributed by atoms with Crippen LogP contribution >= 0.6 is 0 Å². The molecule has 0 unspecified atom stereocenters. The van der Waals surface area contributed by atoms with Crippen LogP contribution in [0.15, 0.2) is 24.3 Å². The Hall–Kier alpha value is -2.74. The van der Waals surface area contributed by atoms with Crippen LogP contribution in [0.3, 0.4) is 0 Å². The number of nitrogen functional groups attached to an aromatic ring is 2. The van der Waals surface area contributed by atoms with Gasteiger partial charge in [0.25, 0.3) is 0 Å². The van der Waals surface area contributed by atoms with Crippen molar-refractivity contribution in [3.63, 3.8) is 0 Å². The maximum Gasteiger partial charge on any atom is 0.222 e. The van der Waals surface area contributed by atoms with E-state index >= 15 is 0 Å². The van der Waals surface area contributed by atoms with Gasteiger partial charge in [-0.05, 0) is 25.0 Å². The predicted molar refractivity (Wildman–Crippen MR) is 82.4 cm³/mol. The van der Waals surface area contributed by atoms with E-state index in [1.54, 1.807) is 7.11 Å². The first-order valence-corrected chi connectivity index (χ1v) is 6.77. The van der Waals surface area contributed by atoms with Gasteiger partial charge in [-0.25, -0.2) is 4.98 Å². The summed E-state index contributed by atoms with van der Waals surface area (Å²) >= 11 is 0. The van der Waals surface area contributed by atoms with Gasteiger partial charge >= 0.3 is 0 Å². The number of methoxy groups -OCH3 is 1. The molecular formula is C16H16N4O. The van der Waals surface area contributed by atoms with Gasteiger partial charge in [-0.2, -0.15) is 4.98 Å². The molecule has 0 spiro atoms. The second-order valence-electron chi connectivity index (χ2n) is 4.93. The number of ether oxygens (including phenoxy) is 1. The van der Waals surface area contributed by atoms with E-state index in [4.69, 9.17) is 16.2 Å². The SMILES string of the molecule is COc1ccccc1-c1nc(N)nc(N)c1C#CC1CC1.